The van der Waals surface area contributed by atoms with Crippen LogP contribution >= 0.6 is 0 Å². The molecular formula is C8H13N5O3S. The van der Waals surface area contributed by atoms with Crippen molar-refractivity contribution in [2.45, 2.75) is 11.1 Å². The fourth-order valence-corrected chi connectivity index (χ4v) is 3.23. The quantitative estimate of drug-likeness (QED) is 0.572. The highest BCUT2D eigenvalue weighted by molar-refractivity contribution is 7.89. The van der Waals surface area contributed by atoms with Crippen LogP contribution < -0.4 is 11.1 Å². The number of H-pyrrole nitrogens is 1. The molecule has 0 spiro atoms. The van der Waals surface area contributed by atoms with Gasteiger partial charge >= 0.3 is 0 Å². The standard InChI is InChI=1S/C8H13N5O3S/c9-8(14)6-5-10-3-4-13(6)17(15,16)7-1-2-11-12-7/h1-2,6,10H,3-5H2,(H2,9,14)(H,11,12). The number of rotatable bonds is 3. The third-order valence-corrected chi connectivity index (χ3v) is 4.42. The van der Waals surface area contributed by atoms with Crippen LogP contribution in [0.4, 0.5) is 0 Å². The number of hydrogen-bond acceptors (Lipinski definition) is 5. The molecule has 0 bridgehead atoms. The number of aromatic amines is 1. The van der Waals surface area contributed by atoms with Crippen molar-refractivity contribution in [1.29, 1.82) is 0 Å². The van der Waals surface area contributed by atoms with Gasteiger partial charge in [0, 0.05) is 19.6 Å². The fraction of sp³-hybridized carbons (Fsp3) is 0.500. The molecule has 0 radical (unpaired) electrons. The van der Waals surface area contributed by atoms with Gasteiger partial charge in [0.05, 0.1) is 6.20 Å². The van der Waals surface area contributed by atoms with Gasteiger partial charge < -0.3 is 11.1 Å². The Kier molecular flexibility index (Phi) is 3.13. The minimum absolute atomic E-state index is 0.0364. The molecule has 1 aliphatic heterocycles. The molecule has 2 heterocycles. The molecule has 8 nitrogen and oxygen atoms in total. The lowest BCUT2D eigenvalue weighted by atomic mass is 10.2. The van der Waals surface area contributed by atoms with Gasteiger partial charge in [0.15, 0.2) is 5.03 Å². The van der Waals surface area contributed by atoms with Gasteiger partial charge in [-0.1, -0.05) is 0 Å². The van der Waals surface area contributed by atoms with Gasteiger partial charge in [-0.15, -0.1) is 0 Å². The second kappa shape index (κ2) is 4.43. The summed E-state index contributed by atoms with van der Waals surface area (Å²) in [5.74, 6) is -0.666. The number of carbonyl (C=O) groups is 1. The van der Waals surface area contributed by atoms with Crippen molar-refractivity contribution in [3.05, 3.63) is 12.3 Å². The Hall–Kier alpha value is -1.45. The molecule has 17 heavy (non-hydrogen) atoms. The van der Waals surface area contributed by atoms with Crippen LogP contribution in [0.5, 0.6) is 0 Å². The molecule has 1 atom stereocenters. The SMILES string of the molecule is NC(=O)C1CNCCN1S(=O)(=O)c1ccn[nH]1. The van der Waals surface area contributed by atoms with Crippen LogP contribution in [-0.4, -0.2) is 54.5 Å². The summed E-state index contributed by atoms with van der Waals surface area (Å²) in [5, 5.41) is 8.87. The minimum Gasteiger partial charge on any atom is -0.368 e. The van der Waals surface area contributed by atoms with Crippen LogP contribution in [0.1, 0.15) is 0 Å². The normalized spacial score (nSPS) is 22.5. The van der Waals surface area contributed by atoms with Crippen LogP contribution in [0.3, 0.4) is 0 Å². The monoisotopic (exact) mass is 259 g/mol. The van der Waals surface area contributed by atoms with Gasteiger partial charge in [-0.2, -0.15) is 9.40 Å². The van der Waals surface area contributed by atoms with Crippen molar-refractivity contribution in [3.63, 3.8) is 0 Å². The first-order chi connectivity index (χ1) is 8.03. The number of hydrogen-bond donors (Lipinski definition) is 3. The number of piperazine rings is 1. The number of aromatic nitrogens is 2. The number of nitrogens with zero attached hydrogens (tertiary/aromatic N) is 2. The third-order valence-electron chi connectivity index (χ3n) is 2.58. The maximum atomic E-state index is 12.2. The van der Waals surface area contributed by atoms with E-state index in [0.29, 0.717) is 6.54 Å². The molecule has 0 aliphatic carbocycles. The molecule has 94 valence electrons. The Morgan fingerprint density at radius 1 is 1.59 bits per heavy atom. The summed E-state index contributed by atoms with van der Waals surface area (Å²) in [6.45, 7) is 0.912. The summed E-state index contributed by atoms with van der Waals surface area (Å²) >= 11 is 0. The highest BCUT2D eigenvalue weighted by Gasteiger charge is 2.37. The molecule has 4 N–H and O–H groups in total. The van der Waals surface area contributed by atoms with E-state index in [4.69, 9.17) is 5.73 Å². The molecule has 0 saturated carbocycles. The Balaban J connectivity index is 2.34. The lowest BCUT2D eigenvalue weighted by molar-refractivity contribution is -0.122. The van der Waals surface area contributed by atoms with E-state index in [1.807, 2.05) is 0 Å². The number of primary amides is 1. The Labute approximate surface area is 98.2 Å². The van der Waals surface area contributed by atoms with E-state index in [1.165, 1.54) is 12.3 Å². The van der Waals surface area contributed by atoms with Crippen molar-refractivity contribution in [1.82, 2.24) is 19.8 Å². The van der Waals surface area contributed by atoms with E-state index in [0.717, 1.165) is 4.31 Å². The van der Waals surface area contributed by atoms with Gasteiger partial charge in [0.25, 0.3) is 10.0 Å². The number of nitrogens with two attached hydrogens (primary N) is 1. The molecule has 9 heteroatoms. The lowest BCUT2D eigenvalue weighted by Crippen LogP contribution is -2.58. The average molecular weight is 259 g/mol. The van der Waals surface area contributed by atoms with Gasteiger partial charge in [-0.25, -0.2) is 8.42 Å². The molecule has 1 aliphatic rings. The summed E-state index contributed by atoms with van der Waals surface area (Å²) in [6.07, 6.45) is 1.34. The first-order valence-electron chi connectivity index (χ1n) is 5.05. The molecule has 1 fully saturated rings. The predicted octanol–water partition coefficient (Wildman–Crippen LogP) is -2.14. The van der Waals surface area contributed by atoms with Gasteiger partial charge in [0.2, 0.25) is 5.91 Å². The summed E-state index contributed by atoms with van der Waals surface area (Å²) in [7, 11) is -3.74. The second-order valence-corrected chi connectivity index (χ2v) is 5.52. The van der Waals surface area contributed by atoms with Gasteiger partial charge in [0.1, 0.15) is 6.04 Å². The molecule has 1 amide bonds. The first-order valence-corrected chi connectivity index (χ1v) is 6.49. The van der Waals surface area contributed by atoms with Crippen molar-refractivity contribution in [2.75, 3.05) is 19.6 Å². The van der Waals surface area contributed by atoms with Crippen LogP contribution in [0.2, 0.25) is 0 Å². The van der Waals surface area contributed by atoms with Crippen LogP contribution in [0.25, 0.3) is 0 Å². The zero-order valence-corrected chi connectivity index (χ0v) is 9.77. The molecule has 1 unspecified atom stereocenters. The highest BCUT2D eigenvalue weighted by atomic mass is 32.2. The Morgan fingerprint density at radius 3 is 2.94 bits per heavy atom. The number of amides is 1. The fourth-order valence-electron chi connectivity index (χ4n) is 1.73. The maximum absolute atomic E-state index is 12.2. The third kappa shape index (κ3) is 2.16. The van der Waals surface area contributed by atoms with E-state index in [1.54, 1.807) is 0 Å². The summed E-state index contributed by atoms with van der Waals surface area (Å²) in [5.41, 5.74) is 5.20. The summed E-state index contributed by atoms with van der Waals surface area (Å²) in [4.78, 5) is 11.2. The van der Waals surface area contributed by atoms with Crippen molar-refractivity contribution in [2.24, 2.45) is 5.73 Å². The molecule has 1 aromatic rings. The van der Waals surface area contributed by atoms with Crippen LogP contribution in [0.15, 0.2) is 17.3 Å². The highest BCUT2D eigenvalue weighted by Crippen LogP contribution is 2.16. The molecule has 1 aromatic heterocycles. The second-order valence-electron chi connectivity index (χ2n) is 3.66. The van der Waals surface area contributed by atoms with Gasteiger partial charge in [-0.3, -0.25) is 9.89 Å². The topological polar surface area (TPSA) is 121 Å². The van der Waals surface area contributed by atoms with Crippen LogP contribution in [-0.2, 0) is 14.8 Å². The maximum Gasteiger partial charge on any atom is 0.260 e. The van der Waals surface area contributed by atoms with Crippen LogP contribution in [0, 0.1) is 0 Å². The lowest BCUT2D eigenvalue weighted by Gasteiger charge is -2.32. The predicted molar refractivity (Wildman–Crippen MR) is 58.3 cm³/mol. The van der Waals surface area contributed by atoms with E-state index in [2.05, 4.69) is 15.5 Å². The largest absolute Gasteiger partial charge is 0.368 e. The van der Waals surface area contributed by atoms with Crippen molar-refractivity contribution in [3.8, 4) is 0 Å². The Morgan fingerprint density at radius 2 is 2.35 bits per heavy atom. The summed E-state index contributed by atoms with van der Waals surface area (Å²) < 4.78 is 25.5. The zero-order chi connectivity index (χ0) is 12.5. The van der Waals surface area contributed by atoms with E-state index in [9.17, 15) is 13.2 Å². The molecule has 0 aromatic carbocycles. The molecule has 1 saturated heterocycles. The summed E-state index contributed by atoms with van der Waals surface area (Å²) in [6, 6.07) is 0.479. The Bertz CT molecular complexity index is 497. The first kappa shape index (κ1) is 12.0. The average Bonchev–Trinajstić information content (AvgIpc) is 2.83. The van der Waals surface area contributed by atoms with E-state index >= 15 is 0 Å². The minimum atomic E-state index is -3.74. The smallest absolute Gasteiger partial charge is 0.260 e. The van der Waals surface area contributed by atoms with Crippen molar-refractivity contribution < 1.29 is 13.2 Å². The zero-order valence-electron chi connectivity index (χ0n) is 8.96. The molecule has 2 rings (SSSR count). The van der Waals surface area contributed by atoms with E-state index < -0.39 is 22.0 Å². The van der Waals surface area contributed by atoms with Gasteiger partial charge in [-0.05, 0) is 6.07 Å². The van der Waals surface area contributed by atoms with E-state index in [-0.39, 0.29) is 18.1 Å². The number of sulfonamides is 1. The van der Waals surface area contributed by atoms with Crippen molar-refractivity contribution >= 4 is 15.9 Å². The number of carbonyl (C=O) groups excluding carboxylic acids is 1. The number of nitrogens with one attached hydrogen (secondary N) is 2. The molecular weight excluding hydrogens is 246 g/mol.